The first-order chi connectivity index (χ1) is 22.6. The molecule has 9 aromatic rings. The number of thiophene rings is 1. The Kier molecular flexibility index (Phi) is 5.31. The molecule has 0 saturated heterocycles. The van der Waals surface area contributed by atoms with Crippen LogP contribution in [0.1, 0.15) is 25.0 Å². The van der Waals surface area contributed by atoms with Crippen LogP contribution in [0.15, 0.2) is 146 Å². The molecule has 8 aromatic carbocycles. The Morgan fingerprint density at radius 3 is 1.72 bits per heavy atom. The Morgan fingerprint density at radius 1 is 0.391 bits per heavy atom. The Hall–Kier alpha value is -5.24. The minimum atomic E-state index is -0.0831. The maximum Gasteiger partial charge on any atom is 0.0355 e. The normalized spacial score (nSPS) is 13.6. The molecule has 1 aliphatic rings. The molecule has 216 valence electrons. The fourth-order valence-electron chi connectivity index (χ4n) is 8.39. The zero-order valence-corrected chi connectivity index (χ0v) is 26.6. The summed E-state index contributed by atoms with van der Waals surface area (Å²) in [4.78, 5) is 0. The molecule has 1 aromatic heterocycles. The molecule has 0 nitrogen and oxygen atoms in total. The lowest BCUT2D eigenvalue weighted by Crippen LogP contribution is -2.23. The van der Waals surface area contributed by atoms with Crippen LogP contribution in [-0.4, -0.2) is 0 Å². The number of hydrogen-bond acceptors (Lipinski definition) is 1. The van der Waals surface area contributed by atoms with Crippen LogP contribution in [0.5, 0.6) is 0 Å². The van der Waals surface area contributed by atoms with Crippen LogP contribution in [-0.2, 0) is 5.41 Å². The largest absolute Gasteiger partial charge is 0.135 e. The van der Waals surface area contributed by atoms with Gasteiger partial charge >= 0.3 is 0 Å². The fraction of sp³-hybridized carbons (Fsp3) is 0.0667. The van der Waals surface area contributed by atoms with Gasteiger partial charge in [-0.05, 0) is 95.0 Å². The minimum Gasteiger partial charge on any atom is -0.135 e. The number of hydrogen-bond donors (Lipinski definition) is 0. The van der Waals surface area contributed by atoms with Gasteiger partial charge in [-0.15, -0.1) is 11.3 Å². The van der Waals surface area contributed by atoms with E-state index >= 15 is 0 Å². The highest BCUT2D eigenvalue weighted by Crippen LogP contribution is 2.52. The third-order valence-corrected chi connectivity index (χ3v) is 11.6. The van der Waals surface area contributed by atoms with Crippen molar-refractivity contribution >= 4 is 63.8 Å². The van der Waals surface area contributed by atoms with Gasteiger partial charge in [-0.25, -0.2) is 0 Å². The van der Waals surface area contributed by atoms with Crippen LogP contribution >= 0.6 is 11.3 Å². The summed E-state index contributed by atoms with van der Waals surface area (Å²) < 4.78 is 2.68. The van der Waals surface area contributed by atoms with Crippen molar-refractivity contribution in [2.45, 2.75) is 19.3 Å². The molecule has 0 radical (unpaired) electrons. The van der Waals surface area contributed by atoms with Crippen LogP contribution in [0, 0.1) is 0 Å². The Balaban J connectivity index is 1.32. The lowest BCUT2D eigenvalue weighted by molar-refractivity contribution is 0.645. The molecular formula is C45H30S. The third-order valence-electron chi connectivity index (χ3n) is 10.5. The standard InChI is InChI=1S/C45H30S/c1-45(2)38-19-9-7-12-28(38)35-23-24-36(34-18-11-20-39(45)44(34)35)43-32-16-5-3-14-30(32)42(31-15-4-6-17-33(31)43)27-22-25-41-37(26-27)29-13-8-10-21-40(29)46-41/h3-26H,1-2H3. The van der Waals surface area contributed by atoms with Crippen molar-refractivity contribution in [3.63, 3.8) is 0 Å². The fourth-order valence-corrected chi connectivity index (χ4v) is 9.48. The first-order valence-corrected chi connectivity index (χ1v) is 16.9. The molecule has 0 atom stereocenters. The van der Waals surface area contributed by atoms with E-state index < -0.39 is 0 Å². The molecule has 1 aliphatic carbocycles. The summed E-state index contributed by atoms with van der Waals surface area (Å²) in [7, 11) is 0. The highest BCUT2D eigenvalue weighted by Gasteiger charge is 2.33. The van der Waals surface area contributed by atoms with Gasteiger partial charge in [0.05, 0.1) is 0 Å². The van der Waals surface area contributed by atoms with Crippen molar-refractivity contribution in [3.05, 3.63) is 157 Å². The van der Waals surface area contributed by atoms with Crippen molar-refractivity contribution in [2.75, 3.05) is 0 Å². The molecule has 0 aliphatic heterocycles. The second-order valence-corrected chi connectivity index (χ2v) is 14.3. The molecule has 0 fully saturated rings. The number of benzene rings is 8. The van der Waals surface area contributed by atoms with Crippen LogP contribution in [0.25, 0.3) is 85.9 Å². The molecular weight excluding hydrogens is 573 g/mol. The van der Waals surface area contributed by atoms with Gasteiger partial charge in [0.15, 0.2) is 0 Å². The summed E-state index contributed by atoms with van der Waals surface area (Å²) in [6, 6.07) is 54.6. The summed E-state index contributed by atoms with van der Waals surface area (Å²) in [5.41, 5.74) is 10.6. The molecule has 0 saturated carbocycles. The molecule has 0 bridgehead atoms. The molecule has 0 spiro atoms. The Labute approximate surface area is 272 Å². The van der Waals surface area contributed by atoms with E-state index in [1.54, 1.807) is 0 Å². The molecule has 1 heterocycles. The lowest BCUT2D eigenvalue weighted by atomic mass is 9.68. The van der Waals surface area contributed by atoms with Gasteiger partial charge in [0, 0.05) is 25.6 Å². The van der Waals surface area contributed by atoms with Crippen LogP contribution in [0.4, 0.5) is 0 Å². The van der Waals surface area contributed by atoms with Gasteiger partial charge in [-0.2, -0.15) is 0 Å². The zero-order valence-electron chi connectivity index (χ0n) is 25.8. The Morgan fingerprint density at radius 2 is 0.957 bits per heavy atom. The van der Waals surface area contributed by atoms with E-state index in [-0.39, 0.29) is 5.41 Å². The van der Waals surface area contributed by atoms with Gasteiger partial charge in [0.25, 0.3) is 0 Å². The van der Waals surface area contributed by atoms with Gasteiger partial charge < -0.3 is 0 Å². The topological polar surface area (TPSA) is 0 Å². The number of rotatable bonds is 2. The molecule has 0 N–H and O–H groups in total. The van der Waals surface area contributed by atoms with E-state index in [0.29, 0.717) is 0 Å². The second kappa shape index (κ2) is 9.39. The van der Waals surface area contributed by atoms with Crippen molar-refractivity contribution in [1.82, 2.24) is 0 Å². The quantitative estimate of drug-likeness (QED) is 0.173. The smallest absolute Gasteiger partial charge is 0.0355 e. The molecule has 46 heavy (non-hydrogen) atoms. The summed E-state index contributed by atoms with van der Waals surface area (Å²) in [6.07, 6.45) is 0. The highest BCUT2D eigenvalue weighted by atomic mass is 32.1. The summed E-state index contributed by atoms with van der Waals surface area (Å²) >= 11 is 1.88. The average molecular weight is 603 g/mol. The van der Waals surface area contributed by atoms with Gasteiger partial charge in [0.1, 0.15) is 0 Å². The SMILES string of the molecule is CC1(C)c2ccccc2-c2ccc(-c3c4ccccc4c(-c4ccc5sc6ccccc6c5c4)c4ccccc34)c3cccc1c23. The zero-order chi connectivity index (χ0) is 30.6. The van der Waals surface area contributed by atoms with E-state index in [2.05, 4.69) is 159 Å². The third kappa shape index (κ3) is 3.44. The molecule has 1 heteroatoms. The van der Waals surface area contributed by atoms with E-state index in [1.165, 1.54) is 97.0 Å². The van der Waals surface area contributed by atoms with Crippen molar-refractivity contribution in [2.24, 2.45) is 0 Å². The first-order valence-electron chi connectivity index (χ1n) is 16.1. The maximum atomic E-state index is 2.42. The summed E-state index contributed by atoms with van der Waals surface area (Å²) in [5.74, 6) is 0. The van der Waals surface area contributed by atoms with Crippen LogP contribution < -0.4 is 0 Å². The first kappa shape index (κ1) is 26.0. The summed E-state index contributed by atoms with van der Waals surface area (Å²) in [5, 5.41) is 10.6. The second-order valence-electron chi connectivity index (χ2n) is 13.2. The van der Waals surface area contributed by atoms with Crippen LogP contribution in [0.3, 0.4) is 0 Å². The average Bonchev–Trinajstić information content (AvgIpc) is 3.47. The van der Waals surface area contributed by atoms with Gasteiger partial charge in [-0.1, -0.05) is 141 Å². The van der Waals surface area contributed by atoms with Crippen LogP contribution in [0.2, 0.25) is 0 Å². The monoisotopic (exact) mass is 602 g/mol. The predicted molar refractivity (Wildman–Crippen MR) is 200 cm³/mol. The van der Waals surface area contributed by atoms with E-state index in [1.807, 2.05) is 11.3 Å². The maximum absolute atomic E-state index is 2.42. The molecule has 0 unspecified atom stereocenters. The molecule has 0 amide bonds. The molecule has 10 rings (SSSR count). The Bertz CT molecular complexity index is 2660. The van der Waals surface area contributed by atoms with Gasteiger partial charge in [0.2, 0.25) is 0 Å². The van der Waals surface area contributed by atoms with E-state index in [4.69, 9.17) is 0 Å². The summed E-state index contributed by atoms with van der Waals surface area (Å²) in [6.45, 7) is 4.76. The minimum absolute atomic E-state index is 0.0831. The van der Waals surface area contributed by atoms with Crippen molar-refractivity contribution < 1.29 is 0 Å². The van der Waals surface area contributed by atoms with Crippen molar-refractivity contribution in [3.8, 4) is 33.4 Å². The predicted octanol–water partition coefficient (Wildman–Crippen LogP) is 13.2. The van der Waals surface area contributed by atoms with Crippen molar-refractivity contribution in [1.29, 1.82) is 0 Å². The van der Waals surface area contributed by atoms with Gasteiger partial charge in [-0.3, -0.25) is 0 Å². The highest BCUT2D eigenvalue weighted by molar-refractivity contribution is 7.25. The van der Waals surface area contributed by atoms with E-state index in [9.17, 15) is 0 Å². The lowest BCUT2D eigenvalue weighted by Gasteiger charge is -2.35. The number of fused-ring (bicyclic) bond motifs is 7. The van der Waals surface area contributed by atoms with E-state index in [0.717, 1.165) is 0 Å².